The molecule has 1 aromatic heterocycles. The predicted octanol–water partition coefficient (Wildman–Crippen LogP) is 3.28. The van der Waals surface area contributed by atoms with E-state index >= 15 is 0 Å². The first-order valence-corrected chi connectivity index (χ1v) is 5.83. The zero-order valence-electron chi connectivity index (χ0n) is 10.4. The van der Waals surface area contributed by atoms with Crippen molar-refractivity contribution in [1.82, 2.24) is 5.32 Å². The molecule has 0 amide bonds. The van der Waals surface area contributed by atoms with Crippen LogP contribution < -0.4 is 5.32 Å². The third-order valence-corrected chi connectivity index (χ3v) is 2.83. The number of rotatable bonds is 4. The molecule has 0 saturated heterocycles. The van der Waals surface area contributed by atoms with E-state index < -0.39 is 0 Å². The molecule has 2 N–H and O–H groups in total. The first-order chi connectivity index (χ1) is 8.56. The molecular weight excluding hydrogens is 233 g/mol. The van der Waals surface area contributed by atoms with E-state index in [0.717, 1.165) is 11.5 Å². The minimum absolute atomic E-state index is 0.0898. The van der Waals surface area contributed by atoms with Gasteiger partial charge >= 0.3 is 0 Å². The third kappa shape index (κ3) is 2.90. The largest absolute Gasteiger partial charge is 0.508 e. The number of aromatic hydroxyl groups is 1. The second kappa shape index (κ2) is 5.23. The van der Waals surface area contributed by atoms with Gasteiger partial charge in [0.1, 0.15) is 23.1 Å². The van der Waals surface area contributed by atoms with Gasteiger partial charge in [-0.1, -0.05) is 0 Å². The molecule has 96 valence electrons. The highest BCUT2D eigenvalue weighted by atomic mass is 19.1. The third-order valence-electron chi connectivity index (χ3n) is 2.83. The molecule has 0 aliphatic heterocycles. The van der Waals surface area contributed by atoms with E-state index in [2.05, 4.69) is 5.32 Å². The Morgan fingerprint density at radius 2 is 2.11 bits per heavy atom. The van der Waals surface area contributed by atoms with Crippen molar-refractivity contribution in [2.24, 2.45) is 0 Å². The molecule has 0 bridgehead atoms. The molecule has 2 aromatic rings. The number of hydrogen-bond acceptors (Lipinski definition) is 3. The molecule has 2 rings (SSSR count). The lowest BCUT2D eigenvalue weighted by Gasteiger charge is -2.14. The van der Waals surface area contributed by atoms with Crippen LogP contribution >= 0.6 is 0 Å². The van der Waals surface area contributed by atoms with Crippen LogP contribution in [0.4, 0.5) is 4.39 Å². The van der Waals surface area contributed by atoms with Crippen molar-refractivity contribution in [3.63, 3.8) is 0 Å². The number of nitrogens with one attached hydrogen (secondary N) is 1. The van der Waals surface area contributed by atoms with Crippen molar-refractivity contribution in [3.05, 3.63) is 53.2 Å². The maximum Gasteiger partial charge on any atom is 0.123 e. The van der Waals surface area contributed by atoms with Crippen molar-refractivity contribution in [1.29, 1.82) is 0 Å². The second-order valence-corrected chi connectivity index (χ2v) is 4.32. The number of halogens is 1. The Kier molecular flexibility index (Phi) is 3.67. The van der Waals surface area contributed by atoms with Crippen molar-refractivity contribution in [3.8, 4) is 5.75 Å². The number of furan rings is 1. The average Bonchev–Trinajstić information content (AvgIpc) is 2.75. The van der Waals surface area contributed by atoms with E-state index in [0.29, 0.717) is 12.1 Å². The SMILES string of the molecule is Cc1ccc(CNC(C)c2cc(F)ccc2O)o1. The fraction of sp³-hybridized carbons (Fsp3) is 0.286. The first-order valence-electron chi connectivity index (χ1n) is 5.83. The summed E-state index contributed by atoms with van der Waals surface area (Å²) in [7, 11) is 0. The van der Waals surface area contributed by atoms with E-state index in [9.17, 15) is 9.50 Å². The van der Waals surface area contributed by atoms with Gasteiger partial charge in [0.05, 0.1) is 6.54 Å². The Balaban J connectivity index is 2.03. The maximum atomic E-state index is 13.1. The van der Waals surface area contributed by atoms with Gasteiger partial charge in [-0.15, -0.1) is 0 Å². The van der Waals surface area contributed by atoms with Crippen LogP contribution in [0.3, 0.4) is 0 Å². The molecule has 0 aliphatic rings. The highest BCUT2D eigenvalue weighted by Gasteiger charge is 2.11. The van der Waals surface area contributed by atoms with Gasteiger partial charge in [0.25, 0.3) is 0 Å². The van der Waals surface area contributed by atoms with Gasteiger partial charge in [-0.3, -0.25) is 0 Å². The number of hydrogen-bond donors (Lipinski definition) is 2. The molecule has 1 atom stereocenters. The van der Waals surface area contributed by atoms with Crippen LogP contribution in [0.15, 0.2) is 34.7 Å². The molecule has 1 heterocycles. The monoisotopic (exact) mass is 249 g/mol. The summed E-state index contributed by atoms with van der Waals surface area (Å²) in [6, 6.07) is 7.55. The Morgan fingerprint density at radius 3 is 2.78 bits per heavy atom. The molecule has 0 aliphatic carbocycles. The first kappa shape index (κ1) is 12.6. The van der Waals surface area contributed by atoms with Gasteiger partial charge in [-0.05, 0) is 44.2 Å². The van der Waals surface area contributed by atoms with Crippen LogP contribution in [0.25, 0.3) is 0 Å². The van der Waals surface area contributed by atoms with E-state index in [-0.39, 0.29) is 17.6 Å². The number of aryl methyl sites for hydroxylation is 1. The van der Waals surface area contributed by atoms with Crippen LogP contribution in [0.5, 0.6) is 5.75 Å². The Labute approximate surface area is 105 Å². The summed E-state index contributed by atoms with van der Waals surface area (Å²) in [6.45, 7) is 4.28. The van der Waals surface area contributed by atoms with Crippen LogP contribution in [0, 0.1) is 12.7 Å². The second-order valence-electron chi connectivity index (χ2n) is 4.32. The van der Waals surface area contributed by atoms with Gasteiger partial charge in [0, 0.05) is 11.6 Å². The van der Waals surface area contributed by atoms with Crippen LogP contribution in [-0.4, -0.2) is 5.11 Å². The van der Waals surface area contributed by atoms with Gasteiger partial charge in [0.2, 0.25) is 0 Å². The summed E-state index contributed by atoms with van der Waals surface area (Å²) in [5, 5.41) is 12.9. The Morgan fingerprint density at radius 1 is 1.33 bits per heavy atom. The Bertz CT molecular complexity index is 536. The summed E-state index contributed by atoms with van der Waals surface area (Å²) in [6.07, 6.45) is 0. The summed E-state index contributed by atoms with van der Waals surface area (Å²) in [4.78, 5) is 0. The molecule has 3 nitrogen and oxygen atoms in total. The van der Waals surface area contributed by atoms with Gasteiger partial charge in [0.15, 0.2) is 0 Å². The van der Waals surface area contributed by atoms with E-state index in [1.807, 2.05) is 26.0 Å². The van der Waals surface area contributed by atoms with Crippen molar-refractivity contribution in [2.45, 2.75) is 26.4 Å². The molecule has 1 unspecified atom stereocenters. The predicted molar refractivity (Wildman–Crippen MR) is 66.8 cm³/mol. The highest BCUT2D eigenvalue weighted by Crippen LogP contribution is 2.24. The highest BCUT2D eigenvalue weighted by molar-refractivity contribution is 5.34. The lowest BCUT2D eigenvalue weighted by atomic mass is 10.1. The summed E-state index contributed by atoms with van der Waals surface area (Å²) in [5.74, 6) is 1.40. The van der Waals surface area contributed by atoms with Crippen LogP contribution in [0.2, 0.25) is 0 Å². The molecule has 18 heavy (non-hydrogen) atoms. The molecule has 0 saturated carbocycles. The van der Waals surface area contributed by atoms with Crippen LogP contribution in [0.1, 0.15) is 30.0 Å². The minimum Gasteiger partial charge on any atom is -0.508 e. The van der Waals surface area contributed by atoms with Gasteiger partial charge in [-0.2, -0.15) is 0 Å². The number of phenols is 1. The number of phenolic OH excluding ortho intramolecular Hbond substituents is 1. The molecule has 0 radical (unpaired) electrons. The summed E-state index contributed by atoms with van der Waals surface area (Å²) < 4.78 is 18.5. The molecular formula is C14H16FNO2. The number of benzene rings is 1. The van der Waals surface area contributed by atoms with Gasteiger partial charge < -0.3 is 14.8 Å². The maximum absolute atomic E-state index is 13.1. The average molecular weight is 249 g/mol. The molecule has 0 spiro atoms. The van der Waals surface area contributed by atoms with E-state index in [1.165, 1.54) is 18.2 Å². The lowest BCUT2D eigenvalue weighted by Crippen LogP contribution is -2.18. The topological polar surface area (TPSA) is 45.4 Å². The minimum atomic E-state index is -0.356. The standard InChI is InChI=1S/C14H16FNO2/c1-9-3-5-12(18-9)8-16-10(2)13-7-11(15)4-6-14(13)17/h3-7,10,16-17H,8H2,1-2H3. The summed E-state index contributed by atoms with van der Waals surface area (Å²) in [5.41, 5.74) is 0.540. The Hall–Kier alpha value is -1.81. The summed E-state index contributed by atoms with van der Waals surface area (Å²) >= 11 is 0. The normalized spacial score (nSPS) is 12.6. The molecule has 1 aromatic carbocycles. The zero-order valence-corrected chi connectivity index (χ0v) is 10.4. The fourth-order valence-corrected chi connectivity index (χ4v) is 1.82. The zero-order chi connectivity index (χ0) is 13.1. The van der Waals surface area contributed by atoms with Gasteiger partial charge in [-0.25, -0.2) is 4.39 Å². The fourth-order valence-electron chi connectivity index (χ4n) is 1.82. The van der Waals surface area contributed by atoms with E-state index in [4.69, 9.17) is 4.42 Å². The van der Waals surface area contributed by atoms with Crippen molar-refractivity contribution in [2.75, 3.05) is 0 Å². The van der Waals surface area contributed by atoms with E-state index in [1.54, 1.807) is 0 Å². The van der Waals surface area contributed by atoms with Crippen molar-refractivity contribution < 1.29 is 13.9 Å². The molecule has 0 fully saturated rings. The molecule has 4 heteroatoms. The van der Waals surface area contributed by atoms with Crippen LogP contribution in [-0.2, 0) is 6.54 Å². The smallest absolute Gasteiger partial charge is 0.123 e. The van der Waals surface area contributed by atoms with Crippen molar-refractivity contribution >= 4 is 0 Å². The lowest BCUT2D eigenvalue weighted by molar-refractivity contribution is 0.426. The quantitative estimate of drug-likeness (QED) is 0.874.